The molecule has 2 aromatic carbocycles. The van der Waals surface area contributed by atoms with Gasteiger partial charge in [0.05, 0.1) is 17.7 Å². The second kappa shape index (κ2) is 8.45. The Morgan fingerprint density at radius 2 is 2.04 bits per heavy atom. The van der Waals surface area contributed by atoms with Crippen molar-refractivity contribution in [1.29, 1.82) is 5.26 Å². The lowest BCUT2D eigenvalue weighted by Crippen LogP contribution is -2.06. The topological polar surface area (TPSA) is 122 Å². The summed E-state index contributed by atoms with van der Waals surface area (Å²) in [5.41, 5.74) is 7.01. The summed E-state index contributed by atoms with van der Waals surface area (Å²) in [6.45, 7) is 1.02. The van der Waals surface area contributed by atoms with Crippen LogP contribution in [0.4, 0.5) is 0 Å². The first-order valence-electron chi connectivity index (χ1n) is 8.00. The molecule has 140 valence electrons. The summed E-state index contributed by atoms with van der Waals surface area (Å²) in [5.74, 6) is -0.911. The normalized spacial score (nSPS) is 10.2. The molecule has 0 atom stereocenters. The van der Waals surface area contributed by atoms with Crippen LogP contribution in [0.1, 0.15) is 22.3 Å². The van der Waals surface area contributed by atoms with Crippen LogP contribution in [0.3, 0.4) is 0 Å². The molecule has 0 fully saturated rings. The van der Waals surface area contributed by atoms with E-state index < -0.39 is 5.97 Å². The summed E-state index contributed by atoms with van der Waals surface area (Å²) in [4.78, 5) is 11.1. The Morgan fingerprint density at radius 3 is 2.67 bits per heavy atom. The molecule has 3 aromatic rings. The number of carbonyl (C=O) groups is 1. The Hall–Kier alpha value is -3.21. The first-order valence-corrected chi connectivity index (χ1v) is 8.00. The summed E-state index contributed by atoms with van der Waals surface area (Å²) in [6, 6.07) is 11.8. The Kier molecular flexibility index (Phi) is 6.29. The van der Waals surface area contributed by atoms with E-state index in [9.17, 15) is 15.2 Å². The molecule has 0 bridgehead atoms. The van der Waals surface area contributed by atoms with Gasteiger partial charge in [-0.2, -0.15) is 5.26 Å². The quantitative estimate of drug-likeness (QED) is 0.559. The van der Waals surface area contributed by atoms with Crippen LogP contribution < -0.4 is 10.5 Å². The van der Waals surface area contributed by atoms with Gasteiger partial charge in [-0.15, -0.1) is 12.4 Å². The van der Waals surface area contributed by atoms with Gasteiger partial charge in [-0.25, -0.2) is 4.79 Å². The van der Waals surface area contributed by atoms with Crippen molar-refractivity contribution in [3.63, 3.8) is 0 Å². The zero-order valence-electron chi connectivity index (χ0n) is 14.3. The second-order valence-electron chi connectivity index (χ2n) is 5.70. The molecule has 8 heteroatoms. The number of aromatic nitrogens is 1. The number of rotatable bonds is 6. The fraction of sp³-hybridized carbons (Fsp3) is 0.158. The molecule has 4 N–H and O–H groups in total. The molecule has 1 heterocycles. The summed E-state index contributed by atoms with van der Waals surface area (Å²) in [7, 11) is 0. The number of aromatic carboxylic acids is 1. The molecule has 3 rings (SSSR count). The van der Waals surface area contributed by atoms with Gasteiger partial charge in [-0.05, 0) is 37.2 Å². The highest BCUT2D eigenvalue weighted by atomic mass is 35.5. The average Bonchev–Trinajstić information content (AvgIpc) is 2.99. The first-order chi connectivity index (χ1) is 12.5. The van der Waals surface area contributed by atoms with E-state index >= 15 is 0 Å². The van der Waals surface area contributed by atoms with Crippen LogP contribution in [-0.4, -0.2) is 33.9 Å². The van der Waals surface area contributed by atoms with E-state index in [1.54, 1.807) is 35.0 Å². The van der Waals surface area contributed by atoms with Crippen LogP contribution >= 0.6 is 12.4 Å². The van der Waals surface area contributed by atoms with E-state index in [4.69, 9.17) is 15.6 Å². The lowest BCUT2D eigenvalue weighted by molar-refractivity contribution is 0.0693. The van der Waals surface area contributed by atoms with Gasteiger partial charge in [-0.3, -0.25) is 0 Å². The maximum Gasteiger partial charge on any atom is 0.339 e. The van der Waals surface area contributed by atoms with Gasteiger partial charge < -0.3 is 25.3 Å². The molecule has 0 saturated heterocycles. The van der Waals surface area contributed by atoms with Crippen LogP contribution in [0, 0.1) is 11.3 Å². The van der Waals surface area contributed by atoms with Crippen LogP contribution in [0.25, 0.3) is 16.6 Å². The van der Waals surface area contributed by atoms with Crippen molar-refractivity contribution in [1.82, 2.24) is 4.57 Å². The zero-order valence-corrected chi connectivity index (χ0v) is 15.1. The molecule has 0 saturated carbocycles. The first kappa shape index (κ1) is 20.1. The molecule has 0 unspecified atom stereocenters. The van der Waals surface area contributed by atoms with Gasteiger partial charge in [0.1, 0.15) is 23.1 Å². The molecule has 0 aliphatic carbocycles. The number of carboxylic acids is 1. The van der Waals surface area contributed by atoms with Crippen molar-refractivity contribution in [3.05, 3.63) is 53.7 Å². The Bertz CT molecular complexity index is 1020. The molecule has 0 amide bonds. The monoisotopic (exact) mass is 387 g/mol. The van der Waals surface area contributed by atoms with Crippen LogP contribution in [-0.2, 0) is 0 Å². The minimum Gasteiger partial charge on any atom is -0.507 e. The van der Waals surface area contributed by atoms with Crippen LogP contribution in [0.15, 0.2) is 42.6 Å². The molecule has 7 nitrogen and oxygen atoms in total. The van der Waals surface area contributed by atoms with Crippen molar-refractivity contribution in [2.45, 2.75) is 6.42 Å². The van der Waals surface area contributed by atoms with Crippen molar-refractivity contribution >= 4 is 29.3 Å². The highest BCUT2D eigenvalue weighted by Gasteiger charge is 2.14. The predicted molar refractivity (Wildman–Crippen MR) is 103 cm³/mol. The average molecular weight is 388 g/mol. The largest absolute Gasteiger partial charge is 0.507 e. The number of nitriles is 1. The second-order valence-corrected chi connectivity index (χ2v) is 5.70. The summed E-state index contributed by atoms with van der Waals surface area (Å²) >= 11 is 0. The highest BCUT2D eigenvalue weighted by molar-refractivity contribution is 5.92. The van der Waals surface area contributed by atoms with E-state index in [0.29, 0.717) is 35.7 Å². The minimum absolute atomic E-state index is 0. The molecular formula is C19H18ClN3O4. The lowest BCUT2D eigenvalue weighted by Gasteiger charge is -2.09. The Morgan fingerprint density at radius 1 is 1.26 bits per heavy atom. The van der Waals surface area contributed by atoms with E-state index in [2.05, 4.69) is 6.07 Å². The van der Waals surface area contributed by atoms with E-state index in [1.165, 1.54) is 12.1 Å². The number of carboxylic acid groups (broad SMARTS) is 1. The maximum absolute atomic E-state index is 11.1. The van der Waals surface area contributed by atoms with Crippen LogP contribution in [0.5, 0.6) is 11.5 Å². The van der Waals surface area contributed by atoms with Gasteiger partial charge in [0, 0.05) is 29.4 Å². The van der Waals surface area contributed by atoms with E-state index in [-0.39, 0.29) is 23.7 Å². The number of nitrogens with zero attached hydrogens (tertiary/aromatic N) is 2. The van der Waals surface area contributed by atoms with Gasteiger partial charge in [0.2, 0.25) is 0 Å². The zero-order chi connectivity index (χ0) is 18.7. The molecule has 27 heavy (non-hydrogen) atoms. The molecule has 0 aliphatic heterocycles. The van der Waals surface area contributed by atoms with E-state index in [1.807, 2.05) is 0 Å². The Balaban J connectivity index is 0.00000261. The number of aromatic hydroxyl groups is 1. The standard InChI is InChI=1S/C19H17N3O4.ClH/c20-6-1-7-26-14-3-5-15-12(10-21)11-22(17(15)9-14)13-2-4-16(19(24)25)18(23)8-13;/h2-5,8-9,11,23H,1,6-7,20H2,(H,24,25);1H. The van der Waals surface area contributed by atoms with Crippen molar-refractivity contribution in [3.8, 4) is 23.3 Å². The molecule has 0 aliphatic rings. The fourth-order valence-electron chi connectivity index (χ4n) is 2.72. The summed E-state index contributed by atoms with van der Waals surface area (Å²) < 4.78 is 7.38. The SMILES string of the molecule is Cl.N#Cc1cn(-c2ccc(C(=O)O)c(O)c2)c2cc(OCCCN)ccc12. The Labute approximate surface area is 161 Å². The smallest absolute Gasteiger partial charge is 0.339 e. The fourth-order valence-corrected chi connectivity index (χ4v) is 2.72. The van der Waals surface area contributed by atoms with Crippen molar-refractivity contribution in [2.24, 2.45) is 5.73 Å². The number of hydrogen-bond donors (Lipinski definition) is 3. The predicted octanol–water partition coefficient (Wildman–Crippen LogP) is 3.06. The van der Waals surface area contributed by atoms with Gasteiger partial charge in [-0.1, -0.05) is 0 Å². The van der Waals surface area contributed by atoms with Crippen LogP contribution in [0.2, 0.25) is 0 Å². The number of ether oxygens (including phenoxy) is 1. The molecule has 0 spiro atoms. The highest BCUT2D eigenvalue weighted by Crippen LogP contribution is 2.30. The number of nitrogens with two attached hydrogens (primary N) is 1. The number of halogens is 1. The minimum atomic E-state index is -1.21. The molecule has 0 radical (unpaired) electrons. The summed E-state index contributed by atoms with van der Waals surface area (Å²) in [6.07, 6.45) is 2.37. The molecule has 1 aromatic heterocycles. The van der Waals surface area contributed by atoms with Gasteiger partial charge in [0.25, 0.3) is 0 Å². The van der Waals surface area contributed by atoms with Crippen molar-refractivity contribution in [2.75, 3.05) is 13.2 Å². The van der Waals surface area contributed by atoms with E-state index in [0.717, 1.165) is 11.8 Å². The third-order valence-corrected chi connectivity index (χ3v) is 4.00. The number of benzene rings is 2. The molecular weight excluding hydrogens is 370 g/mol. The van der Waals surface area contributed by atoms with Crippen molar-refractivity contribution < 1.29 is 19.7 Å². The summed E-state index contributed by atoms with van der Waals surface area (Å²) in [5, 5.41) is 29.1. The maximum atomic E-state index is 11.1. The van der Waals surface area contributed by atoms with Gasteiger partial charge in [0.15, 0.2) is 0 Å². The lowest BCUT2D eigenvalue weighted by atomic mass is 10.1. The number of fused-ring (bicyclic) bond motifs is 1. The third kappa shape index (κ3) is 3.97. The van der Waals surface area contributed by atoms with Gasteiger partial charge >= 0.3 is 5.97 Å². The number of phenols is 1. The number of hydrogen-bond acceptors (Lipinski definition) is 5. The third-order valence-electron chi connectivity index (χ3n) is 4.00.